The molecule has 0 saturated heterocycles. The Hall–Kier alpha value is -2.27. The zero-order valence-corrected chi connectivity index (χ0v) is 16.8. The first kappa shape index (κ1) is 19.5. The maximum Gasteiger partial charge on any atom is 0.238 e. The molecule has 0 saturated carbocycles. The highest BCUT2D eigenvalue weighted by Gasteiger charge is 2.29. The first-order chi connectivity index (χ1) is 12.9. The number of fused-ring (bicyclic) bond motifs is 1. The number of hydrogen-bond acceptors (Lipinski definition) is 3. The van der Waals surface area contributed by atoms with Crippen molar-refractivity contribution < 1.29 is 9.59 Å². The van der Waals surface area contributed by atoms with E-state index in [0.717, 1.165) is 22.6 Å². The molecule has 3 rings (SSSR count). The van der Waals surface area contributed by atoms with E-state index in [4.69, 9.17) is 0 Å². The van der Waals surface area contributed by atoms with E-state index in [1.807, 2.05) is 31.2 Å². The van der Waals surface area contributed by atoms with Crippen molar-refractivity contribution in [2.24, 2.45) is 5.92 Å². The van der Waals surface area contributed by atoms with Crippen molar-refractivity contribution in [2.75, 3.05) is 5.32 Å². The van der Waals surface area contributed by atoms with Crippen LogP contribution in [0.4, 0.5) is 5.69 Å². The number of thioether (sulfide) groups is 1. The Morgan fingerprint density at radius 3 is 2.52 bits per heavy atom. The van der Waals surface area contributed by atoms with Crippen molar-refractivity contribution in [1.82, 2.24) is 5.32 Å². The molecule has 2 aromatic rings. The molecule has 142 valence electrons. The van der Waals surface area contributed by atoms with Gasteiger partial charge in [0.2, 0.25) is 11.8 Å². The van der Waals surface area contributed by atoms with Gasteiger partial charge in [-0.25, -0.2) is 0 Å². The molecule has 1 aliphatic rings. The predicted octanol–water partition coefficient (Wildman–Crippen LogP) is 4.57. The third-order valence-corrected chi connectivity index (χ3v) is 5.85. The van der Waals surface area contributed by atoms with Crippen molar-refractivity contribution in [3.05, 3.63) is 59.7 Å². The van der Waals surface area contributed by atoms with Gasteiger partial charge in [-0.05, 0) is 42.5 Å². The lowest BCUT2D eigenvalue weighted by Crippen LogP contribution is -2.35. The fourth-order valence-electron chi connectivity index (χ4n) is 3.19. The smallest absolute Gasteiger partial charge is 0.238 e. The molecule has 0 fully saturated rings. The summed E-state index contributed by atoms with van der Waals surface area (Å²) in [4.78, 5) is 25.7. The maximum atomic E-state index is 12.5. The molecule has 0 spiro atoms. The lowest BCUT2D eigenvalue weighted by atomic mass is 10.00. The van der Waals surface area contributed by atoms with Gasteiger partial charge in [-0.15, -0.1) is 11.8 Å². The van der Waals surface area contributed by atoms with E-state index in [2.05, 4.69) is 48.7 Å². The molecule has 2 N–H and O–H groups in total. The van der Waals surface area contributed by atoms with Crippen LogP contribution in [-0.4, -0.2) is 17.1 Å². The fourth-order valence-corrected chi connectivity index (χ4v) is 4.30. The number of rotatable bonds is 6. The Morgan fingerprint density at radius 1 is 1.11 bits per heavy atom. The minimum absolute atomic E-state index is 0.0884. The first-order valence-corrected chi connectivity index (χ1v) is 10.2. The van der Waals surface area contributed by atoms with Gasteiger partial charge in [0.15, 0.2) is 0 Å². The minimum atomic E-state index is -0.402. The minimum Gasteiger partial charge on any atom is -0.350 e. The molecule has 0 aliphatic carbocycles. The molecule has 0 radical (unpaired) electrons. The number of anilines is 1. The maximum absolute atomic E-state index is 12.5. The van der Waals surface area contributed by atoms with Crippen molar-refractivity contribution in [3.8, 4) is 0 Å². The van der Waals surface area contributed by atoms with Crippen LogP contribution in [-0.2, 0) is 16.0 Å². The Bertz CT molecular complexity index is 817. The molecular formula is C22H26N2O2S. The second-order valence-electron chi connectivity index (χ2n) is 7.42. The SMILES string of the molecule is CC(C)Cc1ccc([C@@H](C)NC(=O)C[C@H]2Sc3ccccc3NC2=O)cc1. The third-order valence-electron chi connectivity index (χ3n) is 4.58. The van der Waals surface area contributed by atoms with Gasteiger partial charge in [0.25, 0.3) is 0 Å². The molecular weight excluding hydrogens is 356 g/mol. The van der Waals surface area contributed by atoms with Gasteiger partial charge in [-0.1, -0.05) is 50.2 Å². The monoisotopic (exact) mass is 382 g/mol. The number of benzene rings is 2. The van der Waals surface area contributed by atoms with Crippen LogP contribution in [0.2, 0.25) is 0 Å². The van der Waals surface area contributed by atoms with E-state index in [1.165, 1.54) is 17.3 Å². The summed E-state index contributed by atoms with van der Waals surface area (Å²) in [7, 11) is 0. The van der Waals surface area contributed by atoms with Crippen molar-refractivity contribution in [3.63, 3.8) is 0 Å². The predicted molar refractivity (Wildman–Crippen MR) is 111 cm³/mol. The molecule has 2 amide bonds. The summed E-state index contributed by atoms with van der Waals surface area (Å²) < 4.78 is 0. The van der Waals surface area contributed by atoms with Crippen LogP contribution in [0, 0.1) is 5.92 Å². The average molecular weight is 383 g/mol. The topological polar surface area (TPSA) is 58.2 Å². The van der Waals surface area contributed by atoms with Gasteiger partial charge in [0.1, 0.15) is 0 Å². The molecule has 2 atom stereocenters. The lowest BCUT2D eigenvalue weighted by molar-refractivity contribution is -0.124. The fraction of sp³-hybridized carbons (Fsp3) is 0.364. The van der Waals surface area contributed by atoms with Crippen molar-refractivity contribution >= 4 is 29.3 Å². The summed E-state index contributed by atoms with van der Waals surface area (Å²) in [6.45, 7) is 6.38. The number of para-hydroxylation sites is 1. The van der Waals surface area contributed by atoms with Crippen LogP contribution in [0.5, 0.6) is 0 Å². The Labute approximate surface area is 165 Å². The normalized spacial score (nSPS) is 17.2. The van der Waals surface area contributed by atoms with E-state index in [1.54, 1.807) is 0 Å². The molecule has 4 nitrogen and oxygen atoms in total. The Morgan fingerprint density at radius 2 is 1.81 bits per heavy atom. The van der Waals surface area contributed by atoms with E-state index < -0.39 is 5.25 Å². The van der Waals surface area contributed by atoms with E-state index >= 15 is 0 Å². The molecule has 1 heterocycles. The molecule has 0 unspecified atom stereocenters. The van der Waals surface area contributed by atoms with Gasteiger partial charge in [0, 0.05) is 11.3 Å². The summed E-state index contributed by atoms with van der Waals surface area (Å²) in [5.41, 5.74) is 3.20. The van der Waals surface area contributed by atoms with E-state index in [0.29, 0.717) is 5.92 Å². The van der Waals surface area contributed by atoms with Crippen molar-refractivity contribution in [1.29, 1.82) is 0 Å². The second kappa shape index (κ2) is 8.61. The third kappa shape index (κ3) is 5.13. The van der Waals surface area contributed by atoms with Crippen LogP contribution < -0.4 is 10.6 Å². The van der Waals surface area contributed by atoms with Gasteiger partial charge in [-0.3, -0.25) is 9.59 Å². The van der Waals surface area contributed by atoms with Crippen LogP contribution >= 0.6 is 11.8 Å². The number of nitrogens with one attached hydrogen (secondary N) is 2. The Balaban J connectivity index is 1.56. The summed E-state index contributed by atoms with van der Waals surface area (Å²) in [6, 6.07) is 16.0. The zero-order valence-electron chi connectivity index (χ0n) is 16.0. The van der Waals surface area contributed by atoms with Crippen LogP contribution in [0.1, 0.15) is 44.4 Å². The molecule has 1 aliphatic heterocycles. The molecule has 0 aromatic heterocycles. The molecule has 0 bridgehead atoms. The molecule has 2 aromatic carbocycles. The Kier molecular flexibility index (Phi) is 6.22. The van der Waals surface area contributed by atoms with Gasteiger partial charge >= 0.3 is 0 Å². The quantitative estimate of drug-likeness (QED) is 0.770. The number of hydrogen-bond donors (Lipinski definition) is 2. The largest absolute Gasteiger partial charge is 0.350 e. The highest BCUT2D eigenvalue weighted by atomic mass is 32.2. The summed E-state index contributed by atoms with van der Waals surface area (Å²) >= 11 is 1.45. The summed E-state index contributed by atoms with van der Waals surface area (Å²) in [5, 5.41) is 5.50. The van der Waals surface area contributed by atoms with Crippen LogP contribution in [0.15, 0.2) is 53.4 Å². The lowest BCUT2D eigenvalue weighted by Gasteiger charge is -2.24. The highest BCUT2D eigenvalue weighted by molar-refractivity contribution is 8.01. The van der Waals surface area contributed by atoms with Gasteiger partial charge in [-0.2, -0.15) is 0 Å². The molecule has 27 heavy (non-hydrogen) atoms. The average Bonchev–Trinajstić information content (AvgIpc) is 2.62. The number of carbonyl (C=O) groups excluding carboxylic acids is 2. The summed E-state index contributed by atoms with van der Waals surface area (Å²) in [6.07, 6.45) is 1.22. The van der Waals surface area contributed by atoms with Gasteiger partial charge < -0.3 is 10.6 Å². The first-order valence-electron chi connectivity index (χ1n) is 9.37. The van der Waals surface area contributed by atoms with E-state index in [9.17, 15) is 9.59 Å². The van der Waals surface area contributed by atoms with Crippen LogP contribution in [0.25, 0.3) is 0 Å². The second-order valence-corrected chi connectivity index (χ2v) is 8.67. The van der Waals surface area contributed by atoms with Gasteiger partial charge in [0.05, 0.1) is 17.0 Å². The molecule has 5 heteroatoms. The van der Waals surface area contributed by atoms with Crippen molar-refractivity contribution in [2.45, 2.75) is 49.8 Å². The number of carbonyl (C=O) groups is 2. The standard InChI is InChI=1S/C22H26N2O2S/c1-14(2)12-16-8-10-17(11-9-16)15(3)23-21(25)13-20-22(26)24-18-6-4-5-7-19(18)27-20/h4-11,14-15,20H,12-13H2,1-3H3,(H,23,25)(H,24,26)/t15-,20-/m1/s1. The summed E-state index contributed by atoms with van der Waals surface area (Å²) in [5.74, 6) is 0.401. The van der Waals surface area contributed by atoms with E-state index in [-0.39, 0.29) is 24.3 Å². The zero-order chi connectivity index (χ0) is 19.4. The number of amides is 2. The van der Waals surface area contributed by atoms with Crippen LogP contribution in [0.3, 0.4) is 0 Å². The highest BCUT2D eigenvalue weighted by Crippen LogP contribution is 2.36.